The Labute approximate surface area is 208 Å². The van der Waals surface area contributed by atoms with Crippen molar-refractivity contribution in [1.82, 2.24) is 24.9 Å². The van der Waals surface area contributed by atoms with E-state index in [1.54, 1.807) is 54.6 Å². The van der Waals surface area contributed by atoms with E-state index in [1.807, 2.05) is 0 Å². The Morgan fingerprint density at radius 2 is 1.86 bits per heavy atom. The zero-order valence-electron chi connectivity index (χ0n) is 19.1. The summed E-state index contributed by atoms with van der Waals surface area (Å²) in [7, 11) is 0. The van der Waals surface area contributed by atoms with Crippen molar-refractivity contribution in [3.05, 3.63) is 95.9 Å². The van der Waals surface area contributed by atoms with Gasteiger partial charge >= 0.3 is 5.97 Å². The number of hydrogen-bond donors (Lipinski definition) is 1. The van der Waals surface area contributed by atoms with Crippen molar-refractivity contribution in [2.75, 3.05) is 4.90 Å². The first-order valence-corrected chi connectivity index (χ1v) is 11.3. The number of aliphatic carboxylic acids is 1. The lowest BCUT2D eigenvalue weighted by Gasteiger charge is -2.24. The summed E-state index contributed by atoms with van der Waals surface area (Å²) in [6.45, 7) is 0.0868. The highest BCUT2D eigenvalue weighted by molar-refractivity contribution is 5.86. The molecule has 3 aromatic heterocycles. The minimum absolute atomic E-state index is 0.0712. The van der Waals surface area contributed by atoms with Crippen LogP contribution in [-0.4, -0.2) is 42.0 Å². The van der Waals surface area contributed by atoms with Crippen LogP contribution in [0.2, 0.25) is 0 Å². The molecule has 1 N–H and O–H groups in total. The summed E-state index contributed by atoms with van der Waals surface area (Å²) >= 11 is 0. The predicted octanol–water partition coefficient (Wildman–Crippen LogP) is 4.47. The zero-order valence-corrected chi connectivity index (χ0v) is 19.1. The number of benzene rings is 2. The number of halogens is 2. The third kappa shape index (κ3) is 3.99. The number of fused-ring (bicyclic) bond motifs is 1. The van der Waals surface area contributed by atoms with Gasteiger partial charge in [-0.3, -0.25) is 4.68 Å². The summed E-state index contributed by atoms with van der Waals surface area (Å²) in [5.41, 5.74) is 2.98. The number of anilines is 2. The fourth-order valence-electron chi connectivity index (χ4n) is 4.48. The van der Waals surface area contributed by atoms with Gasteiger partial charge in [-0.25, -0.2) is 23.5 Å². The molecule has 1 aliphatic rings. The van der Waals surface area contributed by atoms with E-state index in [9.17, 15) is 14.3 Å². The molecule has 0 bridgehead atoms. The molecule has 2 aromatic carbocycles. The molecule has 9 nitrogen and oxygen atoms in total. The van der Waals surface area contributed by atoms with Gasteiger partial charge in [-0.1, -0.05) is 41.6 Å². The summed E-state index contributed by atoms with van der Waals surface area (Å²) in [6.07, 6.45) is 2.60. The molecule has 5 aromatic rings. The van der Waals surface area contributed by atoms with Crippen LogP contribution in [0.4, 0.5) is 20.3 Å². The molecular weight excluding hydrogens is 482 g/mol. The molecular formula is C26H18F2N6O3. The highest BCUT2D eigenvalue weighted by atomic mass is 19.1. The van der Waals surface area contributed by atoms with Gasteiger partial charge in [-0.2, -0.15) is 5.10 Å². The summed E-state index contributed by atoms with van der Waals surface area (Å²) < 4.78 is 35.9. The minimum Gasteiger partial charge on any atom is -0.480 e. The first-order chi connectivity index (χ1) is 18.0. The number of carboxylic acids is 1. The molecule has 0 saturated heterocycles. The Morgan fingerprint density at radius 3 is 2.65 bits per heavy atom. The van der Waals surface area contributed by atoms with Crippen LogP contribution in [0.5, 0.6) is 0 Å². The Morgan fingerprint density at radius 1 is 1.05 bits per heavy atom. The zero-order chi connectivity index (χ0) is 25.5. The van der Waals surface area contributed by atoms with Gasteiger partial charge in [0.1, 0.15) is 29.5 Å². The van der Waals surface area contributed by atoms with E-state index in [0.29, 0.717) is 22.6 Å². The minimum atomic E-state index is -1.10. The third-order valence-electron chi connectivity index (χ3n) is 6.20. The van der Waals surface area contributed by atoms with Crippen LogP contribution < -0.4 is 4.90 Å². The molecule has 184 valence electrons. The summed E-state index contributed by atoms with van der Waals surface area (Å²) in [6, 6.07) is 15.7. The molecule has 0 saturated carbocycles. The normalized spacial score (nSPS) is 14.6. The molecule has 37 heavy (non-hydrogen) atoms. The van der Waals surface area contributed by atoms with E-state index in [1.165, 1.54) is 21.9 Å². The van der Waals surface area contributed by atoms with Crippen molar-refractivity contribution in [2.24, 2.45) is 0 Å². The Kier molecular flexibility index (Phi) is 5.44. The van der Waals surface area contributed by atoms with Gasteiger partial charge < -0.3 is 14.5 Å². The quantitative estimate of drug-likeness (QED) is 0.364. The van der Waals surface area contributed by atoms with E-state index in [0.717, 1.165) is 11.8 Å². The van der Waals surface area contributed by atoms with Crippen molar-refractivity contribution in [3.63, 3.8) is 0 Å². The SMILES string of the molecule is O=C(O)C1Cc2ccccc2N1c1nc(-c2cc(-c3ccon3)n(Cc3ccccc3F)n2)ncc1F. The second kappa shape index (κ2) is 8.94. The first-order valence-electron chi connectivity index (χ1n) is 11.3. The summed E-state index contributed by atoms with van der Waals surface area (Å²) in [5, 5.41) is 18.4. The van der Waals surface area contributed by atoms with Gasteiger partial charge in [0.15, 0.2) is 17.5 Å². The topological polar surface area (TPSA) is 110 Å². The first kappa shape index (κ1) is 22.5. The molecule has 0 aliphatic carbocycles. The number of aromatic nitrogens is 5. The molecule has 0 fully saturated rings. The monoisotopic (exact) mass is 500 g/mol. The lowest BCUT2D eigenvalue weighted by molar-refractivity contribution is -0.138. The van der Waals surface area contributed by atoms with Crippen LogP contribution in [-0.2, 0) is 17.8 Å². The van der Waals surface area contributed by atoms with Gasteiger partial charge in [0.2, 0.25) is 0 Å². The molecule has 11 heteroatoms. The maximum atomic E-state index is 15.1. The van der Waals surface area contributed by atoms with Crippen molar-refractivity contribution in [2.45, 2.75) is 19.0 Å². The standard InChI is InChI=1S/C26H18F2N6O3/c27-17-7-3-1-6-16(17)14-33-22(19-9-10-37-32-19)12-20(31-33)24-29-13-18(28)25(30-24)34-21-8-4-2-5-15(21)11-23(34)26(35)36/h1-10,12-13,23H,11,14H2,(H,35,36). The number of carbonyl (C=O) groups is 1. The van der Waals surface area contributed by atoms with Gasteiger partial charge in [-0.15, -0.1) is 0 Å². The molecule has 1 atom stereocenters. The molecule has 1 aliphatic heterocycles. The molecule has 6 rings (SSSR count). The van der Waals surface area contributed by atoms with E-state index in [2.05, 4.69) is 20.2 Å². The van der Waals surface area contributed by atoms with Crippen LogP contribution in [0.25, 0.3) is 22.9 Å². The van der Waals surface area contributed by atoms with Crippen molar-refractivity contribution in [3.8, 4) is 22.9 Å². The maximum Gasteiger partial charge on any atom is 0.327 e. The van der Waals surface area contributed by atoms with E-state index in [-0.39, 0.29) is 30.3 Å². The Bertz CT molecular complexity index is 1620. The average molecular weight is 500 g/mol. The number of carboxylic acid groups (broad SMARTS) is 1. The molecule has 4 heterocycles. The Hall–Kier alpha value is -4.93. The highest BCUT2D eigenvalue weighted by Crippen LogP contribution is 2.39. The molecule has 0 radical (unpaired) electrons. The van der Waals surface area contributed by atoms with Crippen LogP contribution in [0.1, 0.15) is 11.1 Å². The van der Waals surface area contributed by atoms with E-state index >= 15 is 4.39 Å². The maximum absolute atomic E-state index is 15.1. The second-order valence-corrected chi connectivity index (χ2v) is 8.47. The molecule has 0 amide bonds. The van der Waals surface area contributed by atoms with Crippen molar-refractivity contribution >= 4 is 17.5 Å². The highest BCUT2D eigenvalue weighted by Gasteiger charge is 2.37. The summed E-state index contributed by atoms with van der Waals surface area (Å²) in [4.78, 5) is 21.9. The summed E-state index contributed by atoms with van der Waals surface area (Å²) in [5.74, 6) is -2.36. The Balaban J connectivity index is 1.45. The van der Waals surface area contributed by atoms with Crippen LogP contribution >= 0.6 is 0 Å². The average Bonchev–Trinajstić information content (AvgIpc) is 3.64. The smallest absolute Gasteiger partial charge is 0.327 e. The number of rotatable bonds is 6. The fourth-order valence-corrected chi connectivity index (χ4v) is 4.48. The van der Waals surface area contributed by atoms with Gasteiger partial charge in [0.25, 0.3) is 0 Å². The van der Waals surface area contributed by atoms with Gasteiger partial charge in [0, 0.05) is 23.7 Å². The lowest BCUT2D eigenvalue weighted by Crippen LogP contribution is -2.36. The predicted molar refractivity (Wildman–Crippen MR) is 128 cm³/mol. The lowest BCUT2D eigenvalue weighted by atomic mass is 10.1. The van der Waals surface area contributed by atoms with Gasteiger partial charge in [-0.05, 0) is 23.8 Å². The van der Waals surface area contributed by atoms with Crippen LogP contribution in [0.15, 0.2) is 77.6 Å². The molecule has 1 unspecified atom stereocenters. The molecule has 0 spiro atoms. The van der Waals surface area contributed by atoms with E-state index in [4.69, 9.17) is 4.52 Å². The number of nitrogens with zero attached hydrogens (tertiary/aromatic N) is 6. The van der Waals surface area contributed by atoms with E-state index < -0.39 is 23.6 Å². The largest absolute Gasteiger partial charge is 0.480 e. The van der Waals surface area contributed by atoms with Crippen LogP contribution in [0.3, 0.4) is 0 Å². The number of para-hydroxylation sites is 1. The van der Waals surface area contributed by atoms with Crippen LogP contribution in [0, 0.1) is 11.6 Å². The van der Waals surface area contributed by atoms with Crippen molar-refractivity contribution in [1.29, 1.82) is 0 Å². The van der Waals surface area contributed by atoms with Crippen molar-refractivity contribution < 1.29 is 23.2 Å². The third-order valence-corrected chi connectivity index (χ3v) is 6.20. The fraction of sp³-hybridized carbons (Fsp3) is 0.115. The second-order valence-electron chi connectivity index (χ2n) is 8.47. The van der Waals surface area contributed by atoms with Gasteiger partial charge in [0.05, 0.1) is 18.4 Å². The number of hydrogen-bond acceptors (Lipinski definition) is 7.